The zero-order valence-electron chi connectivity index (χ0n) is 15.6. The number of hydrogen-bond acceptors (Lipinski definition) is 5. The second kappa shape index (κ2) is 8.81. The molecule has 1 N–H and O–H groups in total. The predicted molar refractivity (Wildman–Crippen MR) is 104 cm³/mol. The molecule has 0 fully saturated rings. The van der Waals surface area contributed by atoms with Gasteiger partial charge in [0, 0.05) is 11.9 Å². The summed E-state index contributed by atoms with van der Waals surface area (Å²) in [7, 11) is -3.21. The number of carbonyl (C=O) groups excluding carboxylic acids is 2. The fourth-order valence-corrected chi connectivity index (χ4v) is 3.47. The number of para-hydroxylation sites is 1. The zero-order chi connectivity index (χ0) is 20.0. The molecule has 0 spiro atoms. The lowest BCUT2D eigenvalue weighted by molar-refractivity contribution is -0.119. The summed E-state index contributed by atoms with van der Waals surface area (Å²) in [5.74, 6) is -1.28. The molecule has 0 unspecified atom stereocenters. The molecule has 2 aromatic carbocycles. The molecule has 0 radical (unpaired) electrons. The van der Waals surface area contributed by atoms with E-state index in [9.17, 15) is 18.0 Å². The molecule has 0 aliphatic carbocycles. The maximum atomic E-state index is 12.2. The van der Waals surface area contributed by atoms with E-state index in [1.54, 1.807) is 12.1 Å². The van der Waals surface area contributed by atoms with Gasteiger partial charge in [0.1, 0.15) is 0 Å². The number of anilines is 1. The summed E-state index contributed by atoms with van der Waals surface area (Å²) < 4.78 is 27.8. The Morgan fingerprint density at radius 3 is 2.48 bits per heavy atom. The van der Waals surface area contributed by atoms with Crippen molar-refractivity contribution in [3.8, 4) is 0 Å². The predicted octanol–water partition coefficient (Wildman–Crippen LogP) is 2.90. The van der Waals surface area contributed by atoms with E-state index in [-0.39, 0.29) is 11.3 Å². The second-order valence-electron chi connectivity index (χ2n) is 6.36. The van der Waals surface area contributed by atoms with E-state index < -0.39 is 28.3 Å². The molecule has 6 nitrogen and oxygen atoms in total. The topological polar surface area (TPSA) is 89.5 Å². The van der Waals surface area contributed by atoms with Crippen molar-refractivity contribution in [2.45, 2.75) is 26.0 Å². The summed E-state index contributed by atoms with van der Waals surface area (Å²) in [5.41, 5.74) is 3.36. The molecule has 0 aliphatic heterocycles. The second-order valence-corrected chi connectivity index (χ2v) is 8.50. The molecule has 2 rings (SSSR count). The SMILES string of the molecule is CCc1cccc(C)c1NC(=O)COC(=O)c1cccc(CS(C)(=O)=O)c1. The van der Waals surface area contributed by atoms with Gasteiger partial charge >= 0.3 is 5.97 Å². The number of amides is 1. The molecule has 0 atom stereocenters. The number of benzene rings is 2. The minimum atomic E-state index is -3.21. The quantitative estimate of drug-likeness (QED) is 0.736. The summed E-state index contributed by atoms with van der Waals surface area (Å²) >= 11 is 0. The van der Waals surface area contributed by atoms with Crippen LogP contribution in [0.15, 0.2) is 42.5 Å². The molecule has 0 aromatic heterocycles. The van der Waals surface area contributed by atoms with Crippen LogP contribution in [0.1, 0.15) is 34.0 Å². The maximum absolute atomic E-state index is 12.2. The fraction of sp³-hybridized carbons (Fsp3) is 0.300. The summed E-state index contributed by atoms with van der Waals surface area (Å²) in [5, 5.41) is 2.78. The van der Waals surface area contributed by atoms with Gasteiger partial charge in [0.2, 0.25) is 0 Å². The molecule has 27 heavy (non-hydrogen) atoms. The van der Waals surface area contributed by atoms with Crippen LogP contribution in [0.5, 0.6) is 0 Å². The van der Waals surface area contributed by atoms with Crippen molar-refractivity contribution in [1.29, 1.82) is 0 Å². The first-order chi connectivity index (χ1) is 12.7. The zero-order valence-corrected chi connectivity index (χ0v) is 16.4. The number of sulfone groups is 1. The van der Waals surface area contributed by atoms with Crippen molar-refractivity contribution in [1.82, 2.24) is 0 Å². The Hall–Kier alpha value is -2.67. The summed E-state index contributed by atoms with van der Waals surface area (Å²) in [4.78, 5) is 24.3. The number of rotatable bonds is 7. The number of carbonyl (C=O) groups is 2. The number of ether oxygens (including phenoxy) is 1. The highest BCUT2D eigenvalue weighted by atomic mass is 32.2. The Morgan fingerprint density at radius 1 is 1.11 bits per heavy atom. The van der Waals surface area contributed by atoms with Gasteiger partial charge in [-0.1, -0.05) is 37.3 Å². The van der Waals surface area contributed by atoms with Crippen LogP contribution in [-0.2, 0) is 31.5 Å². The third-order valence-electron chi connectivity index (χ3n) is 3.93. The van der Waals surface area contributed by atoms with Crippen molar-refractivity contribution >= 4 is 27.4 Å². The number of hydrogen-bond donors (Lipinski definition) is 1. The highest BCUT2D eigenvalue weighted by Gasteiger charge is 2.14. The highest BCUT2D eigenvalue weighted by molar-refractivity contribution is 7.89. The molecule has 7 heteroatoms. The van der Waals surface area contributed by atoms with Crippen LogP contribution in [-0.4, -0.2) is 33.2 Å². The van der Waals surface area contributed by atoms with Crippen molar-refractivity contribution < 1.29 is 22.7 Å². The van der Waals surface area contributed by atoms with E-state index in [2.05, 4.69) is 5.32 Å². The Balaban J connectivity index is 2.00. The maximum Gasteiger partial charge on any atom is 0.338 e. The van der Waals surface area contributed by atoms with Gasteiger partial charge in [-0.25, -0.2) is 13.2 Å². The monoisotopic (exact) mass is 389 g/mol. The van der Waals surface area contributed by atoms with Crippen molar-refractivity contribution in [3.05, 3.63) is 64.7 Å². The van der Waals surface area contributed by atoms with E-state index in [1.807, 2.05) is 32.0 Å². The Labute approximate surface area is 159 Å². The average molecular weight is 389 g/mol. The van der Waals surface area contributed by atoms with Gasteiger partial charge in [0.25, 0.3) is 5.91 Å². The van der Waals surface area contributed by atoms with Gasteiger partial charge < -0.3 is 10.1 Å². The molecule has 2 aromatic rings. The van der Waals surface area contributed by atoms with Gasteiger partial charge in [0.05, 0.1) is 11.3 Å². The molecular weight excluding hydrogens is 366 g/mol. The van der Waals surface area contributed by atoms with Crippen LogP contribution >= 0.6 is 0 Å². The van der Waals surface area contributed by atoms with E-state index in [0.29, 0.717) is 5.56 Å². The van der Waals surface area contributed by atoms with Crippen molar-refractivity contribution in [2.24, 2.45) is 0 Å². The largest absolute Gasteiger partial charge is 0.452 e. The molecule has 0 heterocycles. The van der Waals surface area contributed by atoms with E-state index in [1.165, 1.54) is 12.1 Å². The van der Waals surface area contributed by atoms with Gasteiger partial charge in [-0.2, -0.15) is 0 Å². The van der Waals surface area contributed by atoms with Crippen LogP contribution in [0.2, 0.25) is 0 Å². The van der Waals surface area contributed by atoms with Crippen LogP contribution in [0.4, 0.5) is 5.69 Å². The molecule has 0 bridgehead atoms. The molecular formula is C20H23NO5S. The van der Waals surface area contributed by atoms with E-state index in [4.69, 9.17) is 4.74 Å². The molecule has 144 valence electrons. The fourth-order valence-electron chi connectivity index (χ4n) is 2.68. The highest BCUT2D eigenvalue weighted by Crippen LogP contribution is 2.21. The Morgan fingerprint density at radius 2 is 1.81 bits per heavy atom. The Bertz CT molecular complexity index is 951. The summed E-state index contributed by atoms with van der Waals surface area (Å²) in [6.45, 7) is 3.47. The lowest BCUT2D eigenvalue weighted by atomic mass is 10.1. The minimum absolute atomic E-state index is 0.165. The minimum Gasteiger partial charge on any atom is -0.452 e. The molecule has 0 saturated carbocycles. The van der Waals surface area contributed by atoms with Gasteiger partial charge in [0.15, 0.2) is 16.4 Å². The lowest BCUT2D eigenvalue weighted by Gasteiger charge is -2.13. The van der Waals surface area contributed by atoms with Gasteiger partial charge in [-0.3, -0.25) is 4.79 Å². The van der Waals surface area contributed by atoms with Gasteiger partial charge in [-0.05, 0) is 42.2 Å². The van der Waals surface area contributed by atoms with Gasteiger partial charge in [-0.15, -0.1) is 0 Å². The third kappa shape index (κ3) is 6.21. The lowest BCUT2D eigenvalue weighted by Crippen LogP contribution is -2.22. The van der Waals surface area contributed by atoms with E-state index >= 15 is 0 Å². The number of nitrogens with one attached hydrogen (secondary N) is 1. The molecule has 0 aliphatic rings. The van der Waals surface area contributed by atoms with Crippen LogP contribution in [0.3, 0.4) is 0 Å². The van der Waals surface area contributed by atoms with Crippen LogP contribution < -0.4 is 5.32 Å². The molecule has 1 amide bonds. The first-order valence-electron chi connectivity index (χ1n) is 8.51. The number of aryl methyl sites for hydroxylation is 2. The standard InChI is InChI=1S/C20H23NO5S/c1-4-16-9-5-7-14(2)19(16)21-18(22)12-26-20(23)17-10-6-8-15(11-17)13-27(3,24)25/h5-11H,4,12-13H2,1-3H3,(H,21,22). The first kappa shape index (κ1) is 20.6. The smallest absolute Gasteiger partial charge is 0.338 e. The van der Waals surface area contributed by atoms with E-state index in [0.717, 1.165) is 29.5 Å². The van der Waals surface area contributed by atoms with Crippen molar-refractivity contribution in [2.75, 3.05) is 18.2 Å². The van der Waals surface area contributed by atoms with Crippen LogP contribution in [0.25, 0.3) is 0 Å². The summed E-state index contributed by atoms with van der Waals surface area (Å²) in [6.07, 6.45) is 1.89. The number of esters is 1. The Kier molecular flexibility index (Phi) is 6.74. The van der Waals surface area contributed by atoms with Crippen molar-refractivity contribution in [3.63, 3.8) is 0 Å². The first-order valence-corrected chi connectivity index (χ1v) is 10.6. The summed E-state index contributed by atoms with van der Waals surface area (Å²) in [6, 6.07) is 11.9. The normalized spacial score (nSPS) is 11.1. The molecule has 0 saturated heterocycles. The average Bonchev–Trinajstić information content (AvgIpc) is 2.60. The third-order valence-corrected chi connectivity index (χ3v) is 4.79. The van der Waals surface area contributed by atoms with Crippen LogP contribution in [0, 0.1) is 6.92 Å².